The van der Waals surface area contributed by atoms with Crippen LogP contribution >= 0.6 is 0 Å². The number of Topliss-reactive ketones (excluding diaryl/α,β-unsaturated/α-hetero) is 2. The summed E-state index contributed by atoms with van der Waals surface area (Å²) < 4.78 is 0. The van der Waals surface area contributed by atoms with Crippen LogP contribution in [-0.2, 0) is 40.0 Å². The van der Waals surface area contributed by atoms with Crippen molar-refractivity contribution < 1.29 is 43.8 Å². The second-order valence-corrected chi connectivity index (χ2v) is 20.0. The molecule has 0 radical (unpaired) electrons. The molecular weight excluding hydrogens is 741 g/mol. The molecule has 0 bridgehead atoms. The normalized spacial score (nSPS) is 17.0. The van der Waals surface area contributed by atoms with Crippen LogP contribution in [0.1, 0.15) is 133 Å². The number of aliphatic carboxylic acids is 1. The van der Waals surface area contributed by atoms with Crippen molar-refractivity contribution in [2.75, 3.05) is 13.7 Å². The Labute approximate surface area is 346 Å². The van der Waals surface area contributed by atoms with Crippen molar-refractivity contribution >= 4 is 41.2 Å². The Kier molecular flexibility index (Phi) is 17.9. The largest absolute Gasteiger partial charge is 0.481 e. The van der Waals surface area contributed by atoms with Crippen LogP contribution in [-0.4, -0.2) is 94.1 Å². The first-order valence-electron chi connectivity index (χ1n) is 20.8. The van der Waals surface area contributed by atoms with Crippen LogP contribution in [0.15, 0.2) is 30.3 Å². The molecule has 1 aromatic rings. The molecule has 5 N–H and O–H groups in total. The first-order valence-corrected chi connectivity index (χ1v) is 20.8. The summed E-state index contributed by atoms with van der Waals surface area (Å²) in [5.41, 5.74) is -2.72. The van der Waals surface area contributed by atoms with E-state index in [1.807, 2.05) is 65.0 Å². The van der Waals surface area contributed by atoms with Crippen molar-refractivity contribution in [1.29, 1.82) is 0 Å². The van der Waals surface area contributed by atoms with Gasteiger partial charge in [0, 0.05) is 31.7 Å². The highest BCUT2D eigenvalue weighted by molar-refractivity contribution is 5.99. The Bertz CT molecular complexity index is 1600. The van der Waals surface area contributed by atoms with Gasteiger partial charge in [0.1, 0.15) is 17.9 Å². The summed E-state index contributed by atoms with van der Waals surface area (Å²) in [4.78, 5) is 98.1. The zero-order valence-electron chi connectivity index (χ0n) is 37.1. The molecule has 1 aromatic carbocycles. The topological polar surface area (TPSA) is 199 Å². The summed E-state index contributed by atoms with van der Waals surface area (Å²) in [7, 11) is 1.57. The van der Waals surface area contributed by atoms with Gasteiger partial charge in [0.2, 0.25) is 23.6 Å². The third-order valence-corrected chi connectivity index (χ3v) is 11.2. The van der Waals surface area contributed by atoms with E-state index < -0.39 is 88.8 Å². The minimum atomic E-state index is -1.65. The Hall–Kier alpha value is -4.13. The zero-order chi connectivity index (χ0) is 44.4. The van der Waals surface area contributed by atoms with Crippen molar-refractivity contribution in [3.63, 3.8) is 0 Å². The number of likely N-dealkylation sites (N-methyl/N-ethyl adjacent to an activating group) is 1. The van der Waals surface area contributed by atoms with Crippen LogP contribution in [0.4, 0.5) is 0 Å². The fraction of sp³-hybridized carbons (Fsp3) is 0.711. The fourth-order valence-corrected chi connectivity index (χ4v) is 7.84. The van der Waals surface area contributed by atoms with Crippen LogP contribution in [0.25, 0.3) is 0 Å². The van der Waals surface area contributed by atoms with E-state index in [4.69, 9.17) is 0 Å². The molecule has 0 aliphatic heterocycles. The Morgan fingerprint density at radius 2 is 1.36 bits per heavy atom. The van der Waals surface area contributed by atoms with Gasteiger partial charge in [-0.1, -0.05) is 119 Å². The molecule has 1 aliphatic rings. The predicted molar refractivity (Wildman–Crippen MR) is 223 cm³/mol. The van der Waals surface area contributed by atoms with Crippen LogP contribution in [0.2, 0.25) is 0 Å². The SMILES string of the molecule is CC(C)[C@@H](C(=O)N[C@H](C(=O)C[C@H](CC(=O)C(C)(C)C)C(=O)N[C@H](C(=O)N[C@H](CO)CC(C)(C)C)C1(C(=O)O)CCCC1)C(C)(C)C)N(C)C(=O)CCc1ccccc1. The van der Waals surface area contributed by atoms with E-state index in [2.05, 4.69) is 16.0 Å². The number of carboxylic acids is 1. The molecule has 58 heavy (non-hydrogen) atoms. The number of aryl methyl sites for hydroxylation is 1. The summed E-state index contributed by atoms with van der Waals surface area (Å²) >= 11 is 0. The lowest BCUT2D eigenvalue weighted by molar-refractivity contribution is -0.155. The van der Waals surface area contributed by atoms with Gasteiger partial charge in [0.15, 0.2) is 5.78 Å². The van der Waals surface area contributed by atoms with Crippen molar-refractivity contribution in [2.24, 2.45) is 33.5 Å². The highest BCUT2D eigenvalue weighted by Crippen LogP contribution is 2.42. The Balaban J connectivity index is 2.48. The van der Waals surface area contributed by atoms with E-state index in [-0.39, 0.29) is 48.7 Å². The first kappa shape index (κ1) is 50.0. The highest BCUT2D eigenvalue weighted by atomic mass is 16.4. The summed E-state index contributed by atoms with van der Waals surface area (Å²) in [6.45, 7) is 19.4. The lowest BCUT2D eigenvalue weighted by Gasteiger charge is -2.37. The first-order chi connectivity index (χ1) is 26.6. The predicted octanol–water partition coefficient (Wildman–Crippen LogP) is 5.26. The summed E-state index contributed by atoms with van der Waals surface area (Å²) in [5, 5.41) is 29.0. The van der Waals surface area contributed by atoms with Crippen molar-refractivity contribution in [3.05, 3.63) is 35.9 Å². The van der Waals surface area contributed by atoms with Gasteiger partial charge in [-0.05, 0) is 48.0 Å². The molecule has 326 valence electrons. The monoisotopic (exact) mass is 813 g/mol. The second kappa shape index (κ2) is 20.7. The number of aliphatic hydroxyl groups excluding tert-OH is 1. The average Bonchev–Trinajstić information content (AvgIpc) is 3.61. The Morgan fingerprint density at radius 3 is 1.83 bits per heavy atom. The standard InChI is InChI=1S/C45H72N4O9/c1-28(2)35(49(12)34(53)21-20-29-18-14-13-15-19-29)39(55)47-36(44(9,10)11)32(51)24-30(25-33(52)43(6,7)8)38(54)48-37(45(41(57)58)22-16-17-23-45)40(56)46-31(27-50)26-42(3,4)5/h13-15,18-19,28,30-31,35-37,50H,16-17,20-27H2,1-12H3,(H,46,56)(H,47,55)(H,48,54)(H,57,58)/t30-,31+,35+,36-,37-/m1/s1. The number of aliphatic hydroxyl groups is 1. The van der Waals surface area contributed by atoms with Gasteiger partial charge in [-0.2, -0.15) is 0 Å². The molecule has 13 heteroatoms. The number of nitrogens with one attached hydrogen (secondary N) is 3. The second-order valence-electron chi connectivity index (χ2n) is 20.0. The summed E-state index contributed by atoms with van der Waals surface area (Å²) in [6.07, 6.45) is 1.44. The van der Waals surface area contributed by atoms with E-state index in [9.17, 15) is 43.8 Å². The maximum absolute atomic E-state index is 14.4. The van der Waals surface area contributed by atoms with E-state index in [1.165, 1.54) is 4.90 Å². The molecule has 13 nitrogen and oxygen atoms in total. The van der Waals surface area contributed by atoms with Crippen molar-refractivity contribution in [2.45, 2.75) is 158 Å². The number of carbonyl (C=O) groups excluding carboxylic acids is 6. The number of hydrogen-bond donors (Lipinski definition) is 5. The molecule has 2 rings (SSSR count). The molecular formula is C45H72N4O9. The van der Waals surface area contributed by atoms with Gasteiger partial charge in [-0.3, -0.25) is 33.6 Å². The third kappa shape index (κ3) is 14.3. The molecule has 4 amide bonds. The number of amides is 4. The lowest BCUT2D eigenvalue weighted by atomic mass is 9.76. The molecule has 1 fully saturated rings. The van der Waals surface area contributed by atoms with E-state index >= 15 is 0 Å². The van der Waals surface area contributed by atoms with Crippen molar-refractivity contribution in [3.8, 4) is 0 Å². The van der Waals surface area contributed by atoms with Gasteiger partial charge >= 0.3 is 5.97 Å². The quantitative estimate of drug-likeness (QED) is 0.117. The van der Waals surface area contributed by atoms with Gasteiger partial charge in [-0.15, -0.1) is 0 Å². The van der Waals surface area contributed by atoms with Gasteiger partial charge in [0.25, 0.3) is 0 Å². The summed E-state index contributed by atoms with van der Waals surface area (Å²) in [5.74, 6) is -6.13. The number of rotatable bonds is 20. The van der Waals surface area contributed by atoms with Crippen molar-refractivity contribution in [1.82, 2.24) is 20.9 Å². The maximum Gasteiger partial charge on any atom is 0.312 e. The number of ketones is 2. The van der Waals surface area contributed by atoms with Gasteiger partial charge in [-0.25, -0.2) is 0 Å². The third-order valence-electron chi connectivity index (χ3n) is 11.2. The van der Waals surface area contributed by atoms with Crippen LogP contribution in [0.3, 0.4) is 0 Å². The molecule has 0 spiro atoms. The summed E-state index contributed by atoms with van der Waals surface area (Å²) in [6, 6.07) is 5.20. The lowest BCUT2D eigenvalue weighted by Crippen LogP contribution is -2.61. The van der Waals surface area contributed by atoms with Gasteiger partial charge < -0.3 is 31.1 Å². The number of carboxylic acid groups (broad SMARTS) is 1. The minimum Gasteiger partial charge on any atom is -0.481 e. The molecule has 0 heterocycles. The fourth-order valence-electron chi connectivity index (χ4n) is 7.84. The molecule has 1 aliphatic carbocycles. The smallest absolute Gasteiger partial charge is 0.312 e. The number of hydrogen-bond acceptors (Lipinski definition) is 8. The zero-order valence-corrected chi connectivity index (χ0v) is 37.1. The van der Waals surface area contributed by atoms with Crippen LogP contribution in [0.5, 0.6) is 0 Å². The molecule has 0 unspecified atom stereocenters. The average molecular weight is 813 g/mol. The molecule has 5 atom stereocenters. The maximum atomic E-state index is 14.4. The Morgan fingerprint density at radius 1 is 0.793 bits per heavy atom. The number of nitrogens with zero attached hydrogens (tertiary/aromatic N) is 1. The van der Waals surface area contributed by atoms with Gasteiger partial charge in [0.05, 0.1) is 30.0 Å². The van der Waals surface area contributed by atoms with Crippen LogP contribution in [0, 0.1) is 33.5 Å². The molecule has 0 saturated heterocycles. The van der Waals surface area contributed by atoms with E-state index in [0.29, 0.717) is 25.7 Å². The van der Waals surface area contributed by atoms with Crippen LogP contribution < -0.4 is 16.0 Å². The highest BCUT2D eigenvalue weighted by Gasteiger charge is 2.53. The van der Waals surface area contributed by atoms with E-state index in [0.717, 1.165) is 5.56 Å². The number of benzene rings is 1. The molecule has 0 aromatic heterocycles. The minimum absolute atomic E-state index is 0.118. The van der Waals surface area contributed by atoms with E-state index in [1.54, 1.807) is 48.6 Å². The number of carbonyl (C=O) groups is 7. The molecule has 1 saturated carbocycles.